The van der Waals surface area contributed by atoms with Gasteiger partial charge in [-0.2, -0.15) is 0 Å². The van der Waals surface area contributed by atoms with E-state index in [0.717, 1.165) is 31.8 Å². The summed E-state index contributed by atoms with van der Waals surface area (Å²) in [6, 6.07) is 0.620. The van der Waals surface area contributed by atoms with E-state index in [0.29, 0.717) is 12.1 Å². The van der Waals surface area contributed by atoms with E-state index >= 15 is 0 Å². The molecule has 17 heavy (non-hydrogen) atoms. The third-order valence-electron chi connectivity index (χ3n) is 3.25. The third-order valence-corrected chi connectivity index (χ3v) is 3.25. The highest BCUT2D eigenvalue weighted by Gasteiger charge is 2.15. The molecule has 100 valence electrons. The van der Waals surface area contributed by atoms with Gasteiger partial charge in [0, 0.05) is 19.1 Å². The van der Waals surface area contributed by atoms with Crippen molar-refractivity contribution >= 4 is 0 Å². The Bertz CT molecular complexity index is 226. The standard InChI is InChI=1S/C14H28N2O/c1-12(2)9-13(16(3)4)10-15-11-14-7-5-6-8-17-14/h6,8,12-15H,5,7,9-11H2,1-4H3. The first-order valence-corrected chi connectivity index (χ1v) is 6.77. The number of nitrogens with zero attached hydrogens (tertiary/aromatic N) is 1. The molecule has 0 bridgehead atoms. The molecule has 1 rings (SSSR count). The van der Waals surface area contributed by atoms with E-state index in [1.165, 1.54) is 6.42 Å². The minimum Gasteiger partial charge on any atom is -0.497 e. The van der Waals surface area contributed by atoms with Gasteiger partial charge in [-0.3, -0.25) is 0 Å². The third kappa shape index (κ3) is 6.08. The summed E-state index contributed by atoms with van der Waals surface area (Å²) in [5, 5.41) is 3.54. The van der Waals surface area contributed by atoms with Crippen LogP contribution in [0, 0.1) is 5.92 Å². The van der Waals surface area contributed by atoms with E-state index in [2.05, 4.69) is 44.2 Å². The van der Waals surface area contributed by atoms with Gasteiger partial charge in [-0.1, -0.05) is 13.8 Å². The maximum atomic E-state index is 5.54. The van der Waals surface area contributed by atoms with Gasteiger partial charge >= 0.3 is 0 Å². The summed E-state index contributed by atoms with van der Waals surface area (Å²) in [6.07, 6.45) is 7.83. The lowest BCUT2D eigenvalue weighted by Crippen LogP contribution is -2.41. The number of likely N-dealkylation sites (N-methyl/N-ethyl adjacent to an activating group) is 1. The quantitative estimate of drug-likeness (QED) is 0.738. The fourth-order valence-electron chi connectivity index (χ4n) is 2.17. The van der Waals surface area contributed by atoms with Crippen LogP contribution in [0.15, 0.2) is 12.3 Å². The first-order chi connectivity index (χ1) is 8.09. The zero-order valence-electron chi connectivity index (χ0n) is 11.8. The maximum Gasteiger partial charge on any atom is 0.110 e. The van der Waals surface area contributed by atoms with Gasteiger partial charge in [0.05, 0.1) is 6.26 Å². The Morgan fingerprint density at radius 1 is 1.41 bits per heavy atom. The van der Waals surface area contributed by atoms with Crippen molar-refractivity contribution in [3.63, 3.8) is 0 Å². The van der Waals surface area contributed by atoms with Crippen LogP contribution in [-0.2, 0) is 4.74 Å². The van der Waals surface area contributed by atoms with Gasteiger partial charge in [0.25, 0.3) is 0 Å². The van der Waals surface area contributed by atoms with Crippen molar-refractivity contribution in [1.82, 2.24) is 10.2 Å². The molecule has 3 nitrogen and oxygen atoms in total. The van der Waals surface area contributed by atoms with Crippen molar-refractivity contribution in [2.45, 2.75) is 45.3 Å². The lowest BCUT2D eigenvalue weighted by Gasteiger charge is -2.27. The molecule has 1 N–H and O–H groups in total. The SMILES string of the molecule is CC(C)CC(CNCC1CCC=CO1)N(C)C. The Balaban J connectivity index is 2.19. The molecule has 2 atom stereocenters. The van der Waals surface area contributed by atoms with E-state index < -0.39 is 0 Å². The summed E-state index contributed by atoms with van der Waals surface area (Å²) in [7, 11) is 4.32. The van der Waals surface area contributed by atoms with Crippen LogP contribution in [0.4, 0.5) is 0 Å². The van der Waals surface area contributed by atoms with Gasteiger partial charge in [-0.25, -0.2) is 0 Å². The molecule has 0 aliphatic carbocycles. The predicted molar refractivity (Wildman–Crippen MR) is 73.0 cm³/mol. The first-order valence-electron chi connectivity index (χ1n) is 6.77. The second-order valence-electron chi connectivity index (χ2n) is 5.61. The van der Waals surface area contributed by atoms with Crippen LogP contribution in [0.3, 0.4) is 0 Å². The van der Waals surface area contributed by atoms with Crippen molar-refractivity contribution in [2.75, 3.05) is 27.2 Å². The van der Waals surface area contributed by atoms with Crippen LogP contribution in [-0.4, -0.2) is 44.2 Å². The highest BCUT2D eigenvalue weighted by Crippen LogP contribution is 2.10. The van der Waals surface area contributed by atoms with Crippen molar-refractivity contribution < 1.29 is 4.74 Å². The molecule has 1 aliphatic heterocycles. The van der Waals surface area contributed by atoms with Crippen molar-refractivity contribution in [3.05, 3.63) is 12.3 Å². The highest BCUT2D eigenvalue weighted by atomic mass is 16.5. The fraction of sp³-hybridized carbons (Fsp3) is 0.857. The Kier molecular flexibility index (Phi) is 6.60. The molecule has 3 heteroatoms. The van der Waals surface area contributed by atoms with Gasteiger partial charge in [-0.05, 0) is 45.4 Å². The molecule has 0 spiro atoms. The van der Waals surface area contributed by atoms with Crippen LogP contribution in [0.5, 0.6) is 0 Å². The van der Waals surface area contributed by atoms with Gasteiger partial charge in [0.1, 0.15) is 6.10 Å². The number of rotatable bonds is 7. The molecular weight excluding hydrogens is 212 g/mol. The summed E-state index contributed by atoms with van der Waals surface area (Å²) in [5.41, 5.74) is 0. The average molecular weight is 240 g/mol. The smallest absolute Gasteiger partial charge is 0.110 e. The van der Waals surface area contributed by atoms with E-state index in [9.17, 15) is 0 Å². The summed E-state index contributed by atoms with van der Waals surface area (Å²) < 4.78 is 5.54. The molecule has 0 saturated heterocycles. The van der Waals surface area contributed by atoms with E-state index in [4.69, 9.17) is 4.74 Å². The minimum atomic E-state index is 0.363. The van der Waals surface area contributed by atoms with Crippen LogP contribution in [0.25, 0.3) is 0 Å². The number of hydrogen-bond donors (Lipinski definition) is 1. The Labute approximate surface area is 106 Å². The van der Waals surface area contributed by atoms with E-state index in [1.54, 1.807) is 0 Å². The van der Waals surface area contributed by atoms with Gasteiger partial charge in [-0.15, -0.1) is 0 Å². The zero-order valence-corrected chi connectivity index (χ0v) is 11.8. The lowest BCUT2D eigenvalue weighted by atomic mass is 10.0. The van der Waals surface area contributed by atoms with Crippen LogP contribution >= 0.6 is 0 Å². The molecule has 2 unspecified atom stereocenters. The van der Waals surface area contributed by atoms with Crippen molar-refractivity contribution in [1.29, 1.82) is 0 Å². The molecule has 0 aromatic carbocycles. The van der Waals surface area contributed by atoms with Gasteiger partial charge < -0.3 is 15.0 Å². The van der Waals surface area contributed by atoms with Crippen LogP contribution in [0.2, 0.25) is 0 Å². The summed E-state index contributed by atoms with van der Waals surface area (Å²) in [4.78, 5) is 2.31. The molecular formula is C14H28N2O. The topological polar surface area (TPSA) is 24.5 Å². The Morgan fingerprint density at radius 2 is 2.18 bits per heavy atom. The Morgan fingerprint density at radius 3 is 2.71 bits per heavy atom. The minimum absolute atomic E-state index is 0.363. The van der Waals surface area contributed by atoms with Crippen molar-refractivity contribution in [2.24, 2.45) is 5.92 Å². The molecule has 0 radical (unpaired) electrons. The Hall–Kier alpha value is -0.540. The van der Waals surface area contributed by atoms with E-state index in [1.807, 2.05) is 6.26 Å². The van der Waals surface area contributed by atoms with Crippen molar-refractivity contribution in [3.8, 4) is 0 Å². The maximum absolute atomic E-state index is 5.54. The molecule has 0 amide bonds. The second kappa shape index (κ2) is 7.72. The number of nitrogens with one attached hydrogen (secondary N) is 1. The predicted octanol–water partition coefficient (Wildman–Crippen LogP) is 2.25. The summed E-state index contributed by atoms with van der Waals surface area (Å²) in [5.74, 6) is 0.748. The van der Waals surface area contributed by atoms with Gasteiger partial charge in [0.2, 0.25) is 0 Å². The summed E-state index contributed by atoms with van der Waals surface area (Å²) in [6.45, 7) is 6.58. The van der Waals surface area contributed by atoms with Crippen LogP contribution < -0.4 is 5.32 Å². The lowest BCUT2D eigenvalue weighted by molar-refractivity contribution is 0.119. The second-order valence-corrected chi connectivity index (χ2v) is 5.61. The fourth-order valence-corrected chi connectivity index (χ4v) is 2.17. The number of ether oxygens (including phenoxy) is 1. The molecule has 1 heterocycles. The molecule has 0 aromatic heterocycles. The number of allylic oxidation sites excluding steroid dienone is 1. The number of hydrogen-bond acceptors (Lipinski definition) is 3. The average Bonchev–Trinajstić information content (AvgIpc) is 2.28. The van der Waals surface area contributed by atoms with Crippen LogP contribution in [0.1, 0.15) is 33.1 Å². The first kappa shape index (κ1) is 14.5. The molecule has 1 aliphatic rings. The largest absolute Gasteiger partial charge is 0.497 e. The summed E-state index contributed by atoms with van der Waals surface area (Å²) >= 11 is 0. The molecule has 0 saturated carbocycles. The van der Waals surface area contributed by atoms with E-state index in [-0.39, 0.29) is 0 Å². The highest BCUT2D eigenvalue weighted by molar-refractivity contribution is 4.83. The molecule has 0 aromatic rings. The zero-order chi connectivity index (χ0) is 12.7. The monoisotopic (exact) mass is 240 g/mol. The molecule has 0 fully saturated rings. The normalized spacial score (nSPS) is 21.9. The van der Waals surface area contributed by atoms with Gasteiger partial charge in [0.15, 0.2) is 0 Å².